The van der Waals surface area contributed by atoms with Gasteiger partial charge in [0.25, 0.3) is 0 Å². The number of aliphatic imine (C=N–C) groups is 1. The molecule has 5 nitrogen and oxygen atoms in total. The normalized spacial score (nSPS) is 24.2. The van der Waals surface area contributed by atoms with Crippen molar-refractivity contribution in [3.05, 3.63) is 70.5 Å². The molecule has 3 aliphatic rings. The molecule has 5 rings (SSSR count). The van der Waals surface area contributed by atoms with Crippen molar-refractivity contribution in [1.82, 2.24) is 10.6 Å². The van der Waals surface area contributed by atoms with Crippen LogP contribution in [0, 0.1) is 29.0 Å². The van der Waals surface area contributed by atoms with Crippen LogP contribution in [0.1, 0.15) is 54.4 Å². The average Bonchev–Trinajstić information content (AvgIpc) is 3.55. The Morgan fingerprint density at radius 3 is 2.52 bits per heavy atom. The molecule has 0 amide bonds. The number of nitrogens with zero attached hydrogens (tertiary/aromatic N) is 2. The van der Waals surface area contributed by atoms with Crippen LogP contribution < -0.4 is 10.6 Å². The number of carbonyl (C=O) groups is 1. The van der Waals surface area contributed by atoms with Crippen LogP contribution in [0.3, 0.4) is 0 Å². The first kappa shape index (κ1) is 21.5. The molecular formula is C27H27FN4O. The highest BCUT2D eigenvalue weighted by molar-refractivity contribution is 6.45. The molecule has 168 valence electrons. The number of carbonyl (C=O) groups excluding carboxylic acids is 1. The zero-order chi connectivity index (χ0) is 22.9. The van der Waals surface area contributed by atoms with Crippen molar-refractivity contribution >= 4 is 22.9 Å². The third kappa shape index (κ3) is 4.34. The van der Waals surface area contributed by atoms with Crippen molar-refractivity contribution in [2.75, 3.05) is 19.6 Å². The first-order chi connectivity index (χ1) is 16.0. The average molecular weight is 443 g/mol. The zero-order valence-corrected chi connectivity index (χ0v) is 18.7. The monoisotopic (exact) mass is 442 g/mol. The number of hydrogen-bond donors (Lipinski definition) is 2. The molecule has 1 unspecified atom stereocenters. The van der Waals surface area contributed by atoms with E-state index >= 15 is 0 Å². The number of nitriles is 1. The molecule has 2 aliphatic heterocycles. The first-order valence-electron chi connectivity index (χ1n) is 11.7. The van der Waals surface area contributed by atoms with Crippen LogP contribution in [0.2, 0.25) is 0 Å². The number of benzene rings is 2. The maximum atomic E-state index is 14.5. The molecule has 6 heteroatoms. The molecule has 2 heterocycles. The third-order valence-electron chi connectivity index (χ3n) is 6.89. The van der Waals surface area contributed by atoms with E-state index in [0.717, 1.165) is 30.6 Å². The fourth-order valence-electron chi connectivity index (χ4n) is 4.74. The molecule has 1 aliphatic carbocycles. The van der Waals surface area contributed by atoms with Gasteiger partial charge in [0.2, 0.25) is 5.78 Å². The van der Waals surface area contributed by atoms with Crippen LogP contribution in [0.5, 0.6) is 0 Å². The van der Waals surface area contributed by atoms with Gasteiger partial charge in [0, 0.05) is 12.1 Å². The number of amidine groups is 1. The van der Waals surface area contributed by atoms with Gasteiger partial charge in [0.15, 0.2) is 5.84 Å². The van der Waals surface area contributed by atoms with Crippen LogP contribution >= 0.6 is 0 Å². The Hall–Kier alpha value is -3.30. The maximum Gasteiger partial charge on any atom is 0.204 e. The van der Waals surface area contributed by atoms with Gasteiger partial charge in [0.1, 0.15) is 11.9 Å². The number of hydrogen-bond acceptors (Lipinski definition) is 4. The summed E-state index contributed by atoms with van der Waals surface area (Å²) in [6.45, 7) is 4.35. The Bertz CT molecular complexity index is 1180. The van der Waals surface area contributed by atoms with E-state index in [1.165, 1.54) is 30.5 Å². The number of rotatable bonds is 5. The predicted molar refractivity (Wildman–Crippen MR) is 127 cm³/mol. The molecule has 0 bridgehead atoms. The Balaban J connectivity index is 1.57. The standard InChI is InChI=1S/C27H27FN4O/c1-16-24(20-6-4-19(5-7-20)18-2-3-18)25(21-8-9-22(13-29)23(28)12-21)32-27(26(16)33)31-15-17-10-11-30-14-17/h4-9,12,16-18,30H,2-3,10-11,14-15H2,1H3,(H,31,32)/t16?,17-/m0/s1. The van der Waals surface area contributed by atoms with Gasteiger partial charge >= 0.3 is 0 Å². The van der Waals surface area contributed by atoms with Crippen molar-refractivity contribution in [3.8, 4) is 6.07 Å². The fraction of sp³-hybridized carbons (Fsp3) is 0.370. The summed E-state index contributed by atoms with van der Waals surface area (Å²) < 4.78 is 14.5. The lowest BCUT2D eigenvalue weighted by Gasteiger charge is -2.28. The minimum absolute atomic E-state index is 0.00255. The van der Waals surface area contributed by atoms with E-state index in [-0.39, 0.29) is 11.3 Å². The summed E-state index contributed by atoms with van der Waals surface area (Å²) in [5, 5.41) is 15.7. The van der Waals surface area contributed by atoms with E-state index in [1.807, 2.05) is 13.0 Å². The van der Waals surface area contributed by atoms with Crippen molar-refractivity contribution in [3.63, 3.8) is 0 Å². The number of ketones is 1. The minimum atomic E-state index is -0.576. The smallest absolute Gasteiger partial charge is 0.204 e. The number of halogens is 1. The van der Waals surface area contributed by atoms with Crippen LogP contribution in [-0.2, 0) is 4.79 Å². The number of allylic oxidation sites excluding steroid dienone is 1. The second-order valence-corrected chi connectivity index (χ2v) is 9.25. The van der Waals surface area contributed by atoms with E-state index in [1.54, 1.807) is 6.07 Å². The van der Waals surface area contributed by atoms with Gasteiger partial charge in [-0.1, -0.05) is 37.3 Å². The van der Waals surface area contributed by atoms with Gasteiger partial charge in [-0.05, 0) is 73.0 Å². The van der Waals surface area contributed by atoms with E-state index in [4.69, 9.17) is 5.26 Å². The lowest BCUT2D eigenvalue weighted by Crippen LogP contribution is -2.40. The zero-order valence-electron chi connectivity index (χ0n) is 18.7. The largest absolute Gasteiger partial charge is 0.337 e. The maximum absolute atomic E-state index is 14.5. The molecule has 0 radical (unpaired) electrons. The highest BCUT2D eigenvalue weighted by Gasteiger charge is 2.33. The molecule has 2 fully saturated rings. The molecule has 2 aromatic rings. The second-order valence-electron chi connectivity index (χ2n) is 9.25. The minimum Gasteiger partial charge on any atom is -0.337 e. The lowest BCUT2D eigenvalue weighted by molar-refractivity contribution is -0.114. The quantitative estimate of drug-likeness (QED) is 0.725. The second kappa shape index (κ2) is 8.92. The molecule has 2 atom stereocenters. The summed E-state index contributed by atoms with van der Waals surface area (Å²) in [6.07, 6.45) is 3.50. The molecule has 0 aromatic heterocycles. The Kier molecular flexibility index (Phi) is 5.82. The van der Waals surface area contributed by atoms with Gasteiger partial charge in [0.05, 0.1) is 17.2 Å². The van der Waals surface area contributed by atoms with Crippen molar-refractivity contribution in [1.29, 1.82) is 5.26 Å². The van der Waals surface area contributed by atoms with Gasteiger partial charge in [-0.25, -0.2) is 4.39 Å². The van der Waals surface area contributed by atoms with E-state index in [0.29, 0.717) is 35.5 Å². The highest BCUT2D eigenvalue weighted by atomic mass is 19.1. The van der Waals surface area contributed by atoms with Crippen LogP contribution in [0.15, 0.2) is 47.5 Å². The highest BCUT2D eigenvalue weighted by Crippen LogP contribution is 2.41. The van der Waals surface area contributed by atoms with Crippen molar-refractivity contribution < 1.29 is 9.18 Å². The topological polar surface area (TPSA) is 77.3 Å². The van der Waals surface area contributed by atoms with Gasteiger partial charge in [-0.2, -0.15) is 5.26 Å². The molecule has 2 aromatic carbocycles. The van der Waals surface area contributed by atoms with E-state index in [9.17, 15) is 9.18 Å². The molecule has 1 saturated heterocycles. The number of nitrogens with one attached hydrogen (secondary N) is 2. The summed E-state index contributed by atoms with van der Waals surface area (Å²) >= 11 is 0. The van der Waals surface area contributed by atoms with Crippen molar-refractivity contribution in [2.24, 2.45) is 16.8 Å². The van der Waals surface area contributed by atoms with Gasteiger partial charge in [-0.3, -0.25) is 9.79 Å². The van der Waals surface area contributed by atoms with Crippen LogP contribution in [-0.4, -0.2) is 31.3 Å². The first-order valence-corrected chi connectivity index (χ1v) is 11.7. The molecule has 0 spiro atoms. The molecular weight excluding hydrogens is 415 g/mol. The summed E-state index contributed by atoms with van der Waals surface area (Å²) in [5.74, 6) is 0.332. The SMILES string of the molecule is CC1C(=O)C(=NC[C@H]2CCNC2)NC(c2ccc(C#N)c(F)c2)=C1c1ccc(C2CC2)cc1. The Morgan fingerprint density at radius 1 is 1.12 bits per heavy atom. The van der Waals surface area contributed by atoms with Crippen molar-refractivity contribution in [2.45, 2.75) is 32.1 Å². The van der Waals surface area contributed by atoms with E-state index in [2.05, 4.69) is 39.9 Å². The third-order valence-corrected chi connectivity index (χ3v) is 6.89. The van der Waals surface area contributed by atoms with Crippen LogP contribution in [0.4, 0.5) is 4.39 Å². The molecule has 1 saturated carbocycles. The predicted octanol–water partition coefficient (Wildman–Crippen LogP) is 4.26. The Morgan fingerprint density at radius 2 is 1.88 bits per heavy atom. The summed E-state index contributed by atoms with van der Waals surface area (Å²) in [7, 11) is 0. The Labute approximate surface area is 193 Å². The van der Waals surface area contributed by atoms with Crippen LogP contribution in [0.25, 0.3) is 11.3 Å². The van der Waals surface area contributed by atoms with Gasteiger partial charge < -0.3 is 10.6 Å². The number of Topliss-reactive ketones (excluding diaryl/α,β-unsaturated/α-hetero) is 1. The van der Waals surface area contributed by atoms with E-state index < -0.39 is 11.7 Å². The lowest BCUT2D eigenvalue weighted by atomic mass is 9.83. The molecule has 33 heavy (non-hydrogen) atoms. The molecule has 2 N–H and O–H groups in total. The summed E-state index contributed by atoms with van der Waals surface area (Å²) in [4.78, 5) is 17.9. The summed E-state index contributed by atoms with van der Waals surface area (Å²) in [5.41, 5.74) is 4.35. The van der Waals surface area contributed by atoms with Gasteiger partial charge in [-0.15, -0.1) is 0 Å². The fourth-order valence-corrected chi connectivity index (χ4v) is 4.74. The summed E-state index contributed by atoms with van der Waals surface area (Å²) in [6, 6.07) is 14.8.